The molecule has 1 aliphatic rings. The summed E-state index contributed by atoms with van der Waals surface area (Å²) < 4.78 is 0. The third-order valence-corrected chi connectivity index (χ3v) is 3.69. The van der Waals surface area contributed by atoms with E-state index in [4.69, 9.17) is 11.0 Å². The molecule has 3 N–H and O–H groups in total. The summed E-state index contributed by atoms with van der Waals surface area (Å²) in [5.41, 5.74) is 9.88. The summed E-state index contributed by atoms with van der Waals surface area (Å²) in [5.74, 6) is 0.749. The Labute approximate surface area is 118 Å². The Morgan fingerprint density at radius 3 is 3.05 bits per heavy atom. The zero-order chi connectivity index (χ0) is 13.9. The van der Waals surface area contributed by atoms with E-state index in [-0.39, 0.29) is 6.04 Å². The van der Waals surface area contributed by atoms with Crippen LogP contribution in [0.25, 0.3) is 0 Å². The number of pyridine rings is 1. The summed E-state index contributed by atoms with van der Waals surface area (Å²) in [6.45, 7) is 0. The van der Waals surface area contributed by atoms with Gasteiger partial charge in [-0.3, -0.25) is 0 Å². The first-order valence-electron chi connectivity index (χ1n) is 6.77. The van der Waals surface area contributed by atoms with Crippen molar-refractivity contribution in [3.05, 3.63) is 53.2 Å². The van der Waals surface area contributed by atoms with Gasteiger partial charge in [-0.15, -0.1) is 0 Å². The van der Waals surface area contributed by atoms with Crippen LogP contribution >= 0.6 is 0 Å². The lowest BCUT2D eigenvalue weighted by molar-refractivity contribution is 0.599. The molecule has 100 valence electrons. The summed E-state index contributed by atoms with van der Waals surface area (Å²) in [5, 5.41) is 12.4. The number of nitrogens with two attached hydrogens (primary N) is 1. The number of benzene rings is 1. The fourth-order valence-corrected chi connectivity index (χ4v) is 2.74. The van der Waals surface area contributed by atoms with Crippen LogP contribution in [-0.2, 0) is 6.42 Å². The van der Waals surface area contributed by atoms with Gasteiger partial charge in [-0.1, -0.05) is 6.07 Å². The van der Waals surface area contributed by atoms with Crippen LogP contribution in [-0.4, -0.2) is 4.98 Å². The standard InChI is InChI=1S/C16H16N4/c17-10-11-6-7-19-16(8-11)20-15-3-1-2-12-9-13(18)4-5-14(12)15/h4-9,15H,1-3,18H2,(H,19,20). The van der Waals surface area contributed by atoms with Crippen LogP contribution in [0.15, 0.2) is 36.5 Å². The lowest BCUT2D eigenvalue weighted by Gasteiger charge is -2.27. The van der Waals surface area contributed by atoms with E-state index in [1.54, 1.807) is 18.3 Å². The van der Waals surface area contributed by atoms with Crippen molar-refractivity contribution in [1.82, 2.24) is 4.98 Å². The molecule has 4 nitrogen and oxygen atoms in total. The number of rotatable bonds is 2. The largest absolute Gasteiger partial charge is 0.399 e. The Morgan fingerprint density at radius 2 is 2.20 bits per heavy atom. The highest BCUT2D eigenvalue weighted by Crippen LogP contribution is 2.33. The average molecular weight is 264 g/mol. The molecule has 0 fully saturated rings. The quantitative estimate of drug-likeness (QED) is 0.817. The van der Waals surface area contributed by atoms with Gasteiger partial charge in [-0.05, 0) is 54.7 Å². The smallest absolute Gasteiger partial charge is 0.127 e. The number of aryl methyl sites for hydroxylation is 1. The number of aromatic nitrogens is 1. The average Bonchev–Trinajstić information content (AvgIpc) is 2.47. The molecule has 0 bridgehead atoms. The fraction of sp³-hybridized carbons (Fsp3) is 0.250. The lowest BCUT2D eigenvalue weighted by atomic mass is 9.87. The number of anilines is 2. The van der Waals surface area contributed by atoms with E-state index >= 15 is 0 Å². The minimum absolute atomic E-state index is 0.237. The van der Waals surface area contributed by atoms with Gasteiger partial charge in [-0.25, -0.2) is 4.98 Å². The molecule has 0 saturated carbocycles. The molecule has 1 aromatic heterocycles. The second-order valence-corrected chi connectivity index (χ2v) is 5.09. The number of hydrogen-bond acceptors (Lipinski definition) is 4. The summed E-state index contributed by atoms with van der Waals surface area (Å²) in [6.07, 6.45) is 4.93. The Morgan fingerprint density at radius 1 is 1.30 bits per heavy atom. The maximum absolute atomic E-state index is 8.94. The van der Waals surface area contributed by atoms with Gasteiger partial charge in [0.05, 0.1) is 17.7 Å². The van der Waals surface area contributed by atoms with Crippen LogP contribution < -0.4 is 11.1 Å². The van der Waals surface area contributed by atoms with Crippen LogP contribution in [0.1, 0.15) is 35.6 Å². The molecular formula is C16H16N4. The minimum Gasteiger partial charge on any atom is -0.399 e. The van der Waals surface area contributed by atoms with Crippen LogP contribution in [0.3, 0.4) is 0 Å². The van der Waals surface area contributed by atoms with Gasteiger partial charge in [0, 0.05) is 11.9 Å². The Balaban J connectivity index is 1.88. The molecule has 0 aliphatic heterocycles. The Kier molecular flexibility index (Phi) is 3.26. The number of nitrogen functional groups attached to an aromatic ring is 1. The normalized spacial score (nSPS) is 17.1. The van der Waals surface area contributed by atoms with Gasteiger partial charge in [0.15, 0.2) is 0 Å². The van der Waals surface area contributed by atoms with Crippen molar-refractivity contribution in [3.8, 4) is 6.07 Å². The third kappa shape index (κ3) is 2.43. The van der Waals surface area contributed by atoms with E-state index in [2.05, 4.69) is 28.5 Å². The molecule has 4 heteroatoms. The zero-order valence-corrected chi connectivity index (χ0v) is 11.1. The van der Waals surface area contributed by atoms with E-state index < -0.39 is 0 Å². The molecule has 1 unspecified atom stereocenters. The molecule has 1 aliphatic carbocycles. The molecule has 0 saturated heterocycles. The monoisotopic (exact) mass is 264 g/mol. The highest BCUT2D eigenvalue weighted by Gasteiger charge is 2.20. The second-order valence-electron chi connectivity index (χ2n) is 5.09. The van der Waals surface area contributed by atoms with Gasteiger partial charge in [0.1, 0.15) is 5.82 Å². The fourth-order valence-electron chi connectivity index (χ4n) is 2.74. The Hall–Kier alpha value is -2.54. The second kappa shape index (κ2) is 5.22. The topological polar surface area (TPSA) is 74.7 Å². The molecule has 0 spiro atoms. The van der Waals surface area contributed by atoms with Crippen molar-refractivity contribution >= 4 is 11.5 Å². The third-order valence-electron chi connectivity index (χ3n) is 3.69. The van der Waals surface area contributed by atoms with Crippen LogP contribution in [0.2, 0.25) is 0 Å². The SMILES string of the molecule is N#Cc1ccnc(NC2CCCc3cc(N)ccc32)c1. The van der Waals surface area contributed by atoms with E-state index in [1.807, 2.05) is 6.07 Å². The van der Waals surface area contributed by atoms with Crippen LogP contribution in [0.4, 0.5) is 11.5 Å². The predicted molar refractivity (Wildman–Crippen MR) is 79.1 cm³/mol. The summed E-state index contributed by atoms with van der Waals surface area (Å²) in [7, 11) is 0. The molecule has 0 radical (unpaired) electrons. The van der Waals surface area contributed by atoms with Gasteiger partial charge < -0.3 is 11.1 Å². The maximum Gasteiger partial charge on any atom is 0.127 e. The molecular weight excluding hydrogens is 248 g/mol. The van der Waals surface area contributed by atoms with E-state index in [0.29, 0.717) is 5.56 Å². The summed E-state index contributed by atoms with van der Waals surface area (Å²) in [6, 6.07) is 12.0. The summed E-state index contributed by atoms with van der Waals surface area (Å²) >= 11 is 0. The number of hydrogen-bond donors (Lipinski definition) is 2. The highest BCUT2D eigenvalue weighted by molar-refractivity contribution is 5.50. The first-order valence-corrected chi connectivity index (χ1v) is 6.77. The number of fused-ring (bicyclic) bond motifs is 1. The van der Waals surface area contributed by atoms with Crippen molar-refractivity contribution in [1.29, 1.82) is 5.26 Å². The zero-order valence-electron chi connectivity index (χ0n) is 11.1. The molecule has 2 aromatic rings. The molecule has 20 heavy (non-hydrogen) atoms. The van der Waals surface area contributed by atoms with E-state index in [0.717, 1.165) is 30.8 Å². The van der Waals surface area contributed by atoms with Gasteiger partial charge >= 0.3 is 0 Å². The minimum atomic E-state index is 0.237. The van der Waals surface area contributed by atoms with Crippen LogP contribution in [0, 0.1) is 11.3 Å². The maximum atomic E-state index is 8.94. The van der Waals surface area contributed by atoms with Gasteiger partial charge in [0.2, 0.25) is 0 Å². The van der Waals surface area contributed by atoms with Gasteiger partial charge in [0.25, 0.3) is 0 Å². The summed E-state index contributed by atoms with van der Waals surface area (Å²) in [4.78, 5) is 4.29. The Bertz CT molecular complexity index is 672. The number of nitrogens with one attached hydrogen (secondary N) is 1. The van der Waals surface area contributed by atoms with Crippen LogP contribution in [0.5, 0.6) is 0 Å². The number of nitriles is 1. The van der Waals surface area contributed by atoms with E-state index in [1.165, 1.54) is 11.1 Å². The van der Waals surface area contributed by atoms with Crippen molar-refractivity contribution in [2.24, 2.45) is 0 Å². The molecule has 3 rings (SSSR count). The van der Waals surface area contributed by atoms with Crippen molar-refractivity contribution in [2.45, 2.75) is 25.3 Å². The molecule has 1 aromatic carbocycles. The predicted octanol–water partition coefficient (Wildman–Crippen LogP) is 3.02. The lowest BCUT2D eigenvalue weighted by Crippen LogP contribution is -2.18. The molecule has 0 amide bonds. The molecule has 1 atom stereocenters. The van der Waals surface area contributed by atoms with Crippen molar-refractivity contribution < 1.29 is 0 Å². The first-order chi connectivity index (χ1) is 9.76. The highest BCUT2D eigenvalue weighted by atomic mass is 15.0. The van der Waals surface area contributed by atoms with E-state index in [9.17, 15) is 0 Å². The van der Waals surface area contributed by atoms with Gasteiger partial charge in [-0.2, -0.15) is 5.26 Å². The molecule has 1 heterocycles. The van der Waals surface area contributed by atoms with Crippen molar-refractivity contribution in [2.75, 3.05) is 11.1 Å². The number of nitrogens with zero attached hydrogens (tertiary/aromatic N) is 2. The first kappa shape index (κ1) is 12.5. The van der Waals surface area contributed by atoms with Crippen molar-refractivity contribution in [3.63, 3.8) is 0 Å².